The van der Waals surface area contributed by atoms with Gasteiger partial charge in [-0.15, -0.1) is 0 Å². The van der Waals surface area contributed by atoms with Gasteiger partial charge in [-0.2, -0.15) is 5.10 Å². The predicted molar refractivity (Wildman–Crippen MR) is 47.9 cm³/mol. The molecule has 1 heterocycles. The lowest BCUT2D eigenvalue weighted by molar-refractivity contribution is 0.269. The van der Waals surface area contributed by atoms with Gasteiger partial charge in [-0.05, 0) is 18.4 Å². The monoisotopic (exact) mass is 168 g/mol. The average Bonchev–Trinajstić information content (AvgIpc) is 2.36. The van der Waals surface area contributed by atoms with Gasteiger partial charge in [0.15, 0.2) is 0 Å². The van der Waals surface area contributed by atoms with E-state index in [4.69, 9.17) is 5.11 Å². The Balaban J connectivity index is 2.52. The molecule has 1 aromatic heterocycles. The lowest BCUT2D eigenvalue weighted by Crippen LogP contribution is -2.03. The molecule has 0 radical (unpaired) electrons. The van der Waals surface area contributed by atoms with Gasteiger partial charge in [-0.25, -0.2) is 0 Å². The maximum Gasteiger partial charge on any atom is 0.0640 e. The summed E-state index contributed by atoms with van der Waals surface area (Å²) in [7, 11) is 0. The average molecular weight is 168 g/mol. The minimum atomic E-state index is 0.156. The van der Waals surface area contributed by atoms with Gasteiger partial charge in [0.25, 0.3) is 0 Å². The SMILES string of the molecule is CC(C)Cc1ccn(CCO)n1. The fourth-order valence-electron chi connectivity index (χ4n) is 1.16. The molecule has 0 aliphatic carbocycles. The molecule has 0 atom stereocenters. The molecule has 1 aromatic rings. The highest BCUT2D eigenvalue weighted by Gasteiger charge is 2.00. The molecule has 0 saturated carbocycles. The quantitative estimate of drug-likeness (QED) is 0.730. The normalized spacial score (nSPS) is 11.0. The van der Waals surface area contributed by atoms with Crippen LogP contribution in [0.5, 0.6) is 0 Å². The van der Waals surface area contributed by atoms with Gasteiger partial charge in [-0.3, -0.25) is 4.68 Å². The van der Waals surface area contributed by atoms with Crippen molar-refractivity contribution in [1.29, 1.82) is 0 Å². The Morgan fingerprint density at radius 1 is 1.58 bits per heavy atom. The van der Waals surface area contributed by atoms with Crippen LogP contribution >= 0.6 is 0 Å². The van der Waals surface area contributed by atoms with Crippen molar-refractivity contribution < 1.29 is 5.11 Å². The Morgan fingerprint density at radius 3 is 2.92 bits per heavy atom. The Hall–Kier alpha value is -0.830. The van der Waals surface area contributed by atoms with Crippen molar-refractivity contribution in [3.05, 3.63) is 18.0 Å². The zero-order valence-electron chi connectivity index (χ0n) is 7.70. The van der Waals surface area contributed by atoms with Crippen LogP contribution in [0, 0.1) is 5.92 Å². The maximum absolute atomic E-state index is 8.65. The van der Waals surface area contributed by atoms with Gasteiger partial charge in [0.1, 0.15) is 0 Å². The molecular formula is C9H16N2O. The highest BCUT2D eigenvalue weighted by Crippen LogP contribution is 2.04. The molecule has 0 aliphatic rings. The van der Waals surface area contributed by atoms with E-state index in [2.05, 4.69) is 18.9 Å². The molecule has 0 aromatic carbocycles. The van der Waals surface area contributed by atoms with E-state index < -0.39 is 0 Å². The van der Waals surface area contributed by atoms with Crippen LogP contribution in [0.25, 0.3) is 0 Å². The van der Waals surface area contributed by atoms with Crippen molar-refractivity contribution in [2.24, 2.45) is 5.92 Å². The van der Waals surface area contributed by atoms with E-state index >= 15 is 0 Å². The molecule has 3 heteroatoms. The molecule has 0 spiro atoms. The number of aliphatic hydroxyl groups is 1. The fraction of sp³-hybridized carbons (Fsp3) is 0.667. The molecule has 0 aliphatic heterocycles. The molecule has 3 nitrogen and oxygen atoms in total. The largest absolute Gasteiger partial charge is 0.394 e. The first-order valence-electron chi connectivity index (χ1n) is 4.35. The molecule has 1 rings (SSSR count). The highest BCUT2D eigenvalue weighted by atomic mass is 16.3. The van der Waals surface area contributed by atoms with E-state index in [1.165, 1.54) is 0 Å². The van der Waals surface area contributed by atoms with Crippen LogP contribution in [0.3, 0.4) is 0 Å². The summed E-state index contributed by atoms with van der Waals surface area (Å²) in [6.45, 7) is 5.09. The van der Waals surface area contributed by atoms with E-state index in [0.29, 0.717) is 12.5 Å². The highest BCUT2D eigenvalue weighted by molar-refractivity contribution is 4.99. The van der Waals surface area contributed by atoms with Gasteiger partial charge in [0, 0.05) is 6.20 Å². The van der Waals surface area contributed by atoms with Crippen molar-refractivity contribution in [2.45, 2.75) is 26.8 Å². The van der Waals surface area contributed by atoms with Gasteiger partial charge < -0.3 is 5.11 Å². The molecule has 0 bridgehead atoms. The lowest BCUT2D eigenvalue weighted by Gasteiger charge is -1.99. The van der Waals surface area contributed by atoms with Gasteiger partial charge >= 0.3 is 0 Å². The second-order valence-electron chi connectivity index (χ2n) is 3.39. The summed E-state index contributed by atoms with van der Waals surface area (Å²) in [6.07, 6.45) is 2.92. The van der Waals surface area contributed by atoms with E-state index in [-0.39, 0.29) is 6.61 Å². The minimum Gasteiger partial charge on any atom is -0.394 e. The van der Waals surface area contributed by atoms with Crippen molar-refractivity contribution in [3.63, 3.8) is 0 Å². The van der Waals surface area contributed by atoms with Crippen LogP contribution in [0.15, 0.2) is 12.3 Å². The standard InChI is InChI=1S/C9H16N2O/c1-8(2)7-9-3-4-11(10-9)5-6-12/h3-4,8,12H,5-7H2,1-2H3. The van der Waals surface area contributed by atoms with Crippen LogP contribution in [0.1, 0.15) is 19.5 Å². The zero-order chi connectivity index (χ0) is 8.97. The molecule has 1 N–H and O–H groups in total. The molecule has 12 heavy (non-hydrogen) atoms. The summed E-state index contributed by atoms with van der Waals surface area (Å²) in [5, 5.41) is 12.9. The summed E-state index contributed by atoms with van der Waals surface area (Å²) in [5.74, 6) is 0.641. The molecule has 0 fully saturated rings. The third-order valence-corrected chi connectivity index (χ3v) is 1.64. The topological polar surface area (TPSA) is 38.0 Å². The van der Waals surface area contributed by atoms with Crippen LogP contribution in [-0.2, 0) is 13.0 Å². The Labute approximate surface area is 73.0 Å². The summed E-state index contributed by atoms with van der Waals surface area (Å²) in [6, 6.07) is 2.01. The minimum absolute atomic E-state index is 0.156. The van der Waals surface area contributed by atoms with Gasteiger partial charge in [0.2, 0.25) is 0 Å². The third-order valence-electron chi connectivity index (χ3n) is 1.64. The van der Waals surface area contributed by atoms with Crippen LogP contribution in [0.2, 0.25) is 0 Å². The Kier molecular flexibility index (Phi) is 3.29. The molecular weight excluding hydrogens is 152 g/mol. The summed E-state index contributed by atoms with van der Waals surface area (Å²) >= 11 is 0. The molecule has 0 saturated heterocycles. The Morgan fingerprint density at radius 2 is 2.33 bits per heavy atom. The predicted octanol–water partition coefficient (Wildman–Crippen LogP) is 1.07. The lowest BCUT2D eigenvalue weighted by atomic mass is 10.1. The third kappa shape index (κ3) is 2.66. The number of aliphatic hydroxyl groups excluding tert-OH is 1. The first kappa shape index (κ1) is 9.26. The van der Waals surface area contributed by atoms with Crippen LogP contribution < -0.4 is 0 Å². The van der Waals surface area contributed by atoms with Gasteiger partial charge in [0.05, 0.1) is 18.8 Å². The van der Waals surface area contributed by atoms with Crippen molar-refractivity contribution in [1.82, 2.24) is 9.78 Å². The number of aromatic nitrogens is 2. The second-order valence-corrected chi connectivity index (χ2v) is 3.39. The Bertz CT molecular complexity index is 230. The first-order valence-corrected chi connectivity index (χ1v) is 4.35. The van der Waals surface area contributed by atoms with E-state index in [1.54, 1.807) is 4.68 Å². The number of hydrogen-bond acceptors (Lipinski definition) is 2. The summed E-state index contributed by atoms with van der Waals surface area (Å²) < 4.78 is 1.78. The molecule has 0 amide bonds. The first-order chi connectivity index (χ1) is 5.72. The second kappa shape index (κ2) is 4.26. The zero-order valence-corrected chi connectivity index (χ0v) is 7.70. The smallest absolute Gasteiger partial charge is 0.0640 e. The number of nitrogens with zero attached hydrogens (tertiary/aromatic N) is 2. The fourth-order valence-corrected chi connectivity index (χ4v) is 1.16. The maximum atomic E-state index is 8.65. The van der Waals surface area contributed by atoms with E-state index in [9.17, 15) is 0 Å². The summed E-state index contributed by atoms with van der Waals surface area (Å²) in [5.41, 5.74) is 1.11. The van der Waals surface area contributed by atoms with Crippen molar-refractivity contribution >= 4 is 0 Å². The van der Waals surface area contributed by atoms with Crippen LogP contribution in [-0.4, -0.2) is 21.5 Å². The van der Waals surface area contributed by atoms with Gasteiger partial charge in [-0.1, -0.05) is 13.8 Å². The number of rotatable bonds is 4. The molecule has 0 unspecified atom stereocenters. The molecule has 68 valence electrons. The van der Waals surface area contributed by atoms with E-state index in [1.807, 2.05) is 12.3 Å². The van der Waals surface area contributed by atoms with Crippen molar-refractivity contribution in [3.8, 4) is 0 Å². The van der Waals surface area contributed by atoms with Crippen molar-refractivity contribution in [2.75, 3.05) is 6.61 Å². The number of hydrogen-bond donors (Lipinski definition) is 1. The summed E-state index contributed by atoms with van der Waals surface area (Å²) in [4.78, 5) is 0. The van der Waals surface area contributed by atoms with Crippen LogP contribution in [0.4, 0.5) is 0 Å². The van der Waals surface area contributed by atoms with E-state index in [0.717, 1.165) is 12.1 Å².